The topological polar surface area (TPSA) is 64.3 Å². The van der Waals surface area contributed by atoms with E-state index < -0.39 is 6.04 Å². The lowest BCUT2D eigenvalue weighted by molar-refractivity contribution is -0.122. The Morgan fingerprint density at radius 3 is 2.44 bits per heavy atom. The summed E-state index contributed by atoms with van der Waals surface area (Å²) in [5, 5.41) is 3.03. The zero-order valence-electron chi connectivity index (χ0n) is 10.8. The van der Waals surface area contributed by atoms with E-state index in [0.717, 1.165) is 24.2 Å². The van der Waals surface area contributed by atoms with Gasteiger partial charge in [0.15, 0.2) is 0 Å². The summed E-state index contributed by atoms with van der Waals surface area (Å²) in [7, 11) is 1.64. The summed E-state index contributed by atoms with van der Waals surface area (Å²) in [6.07, 6.45) is 2.33. The molecule has 4 heteroatoms. The molecule has 0 saturated heterocycles. The molecule has 1 unspecified atom stereocenters. The van der Waals surface area contributed by atoms with E-state index in [1.165, 1.54) is 0 Å². The third-order valence-electron chi connectivity index (χ3n) is 3.28. The summed E-state index contributed by atoms with van der Waals surface area (Å²) in [6, 6.07) is 7.46. The van der Waals surface area contributed by atoms with Gasteiger partial charge in [0.1, 0.15) is 5.75 Å². The third kappa shape index (κ3) is 3.01. The molecule has 1 amide bonds. The Kier molecular flexibility index (Phi) is 3.87. The van der Waals surface area contributed by atoms with E-state index in [-0.39, 0.29) is 11.9 Å². The summed E-state index contributed by atoms with van der Waals surface area (Å²) in [6.45, 7) is 1.70. The van der Waals surface area contributed by atoms with Gasteiger partial charge in [0.25, 0.3) is 0 Å². The van der Waals surface area contributed by atoms with Crippen molar-refractivity contribution in [2.45, 2.75) is 31.8 Å². The van der Waals surface area contributed by atoms with E-state index in [0.29, 0.717) is 5.92 Å². The van der Waals surface area contributed by atoms with Crippen LogP contribution in [-0.2, 0) is 4.79 Å². The molecule has 1 aliphatic carbocycles. The molecule has 0 bridgehead atoms. The lowest BCUT2D eigenvalue weighted by Crippen LogP contribution is -2.40. The van der Waals surface area contributed by atoms with E-state index in [2.05, 4.69) is 5.32 Å². The summed E-state index contributed by atoms with van der Waals surface area (Å²) >= 11 is 0. The van der Waals surface area contributed by atoms with Crippen LogP contribution in [0.4, 0.5) is 0 Å². The number of methoxy groups -OCH3 is 1. The second kappa shape index (κ2) is 5.40. The SMILES string of the molecule is COc1ccc(C(NC(=O)[C@H](C)N)C2CC2)cc1. The van der Waals surface area contributed by atoms with Crippen LogP contribution in [0.25, 0.3) is 0 Å². The van der Waals surface area contributed by atoms with Crippen LogP contribution in [0.15, 0.2) is 24.3 Å². The van der Waals surface area contributed by atoms with Crippen molar-refractivity contribution >= 4 is 5.91 Å². The largest absolute Gasteiger partial charge is 0.497 e. The number of rotatable bonds is 5. The van der Waals surface area contributed by atoms with E-state index in [1.54, 1.807) is 14.0 Å². The van der Waals surface area contributed by atoms with Gasteiger partial charge in [-0.1, -0.05) is 12.1 Å². The van der Waals surface area contributed by atoms with Gasteiger partial charge in [0.2, 0.25) is 5.91 Å². The van der Waals surface area contributed by atoms with E-state index in [1.807, 2.05) is 24.3 Å². The highest BCUT2D eigenvalue weighted by Crippen LogP contribution is 2.41. The molecule has 1 aromatic carbocycles. The number of carbonyl (C=O) groups excluding carboxylic acids is 1. The number of benzene rings is 1. The summed E-state index contributed by atoms with van der Waals surface area (Å²) in [4.78, 5) is 11.7. The Morgan fingerprint density at radius 1 is 1.39 bits per heavy atom. The van der Waals surface area contributed by atoms with E-state index in [4.69, 9.17) is 10.5 Å². The van der Waals surface area contributed by atoms with Crippen molar-refractivity contribution in [1.29, 1.82) is 0 Å². The number of nitrogens with two attached hydrogens (primary N) is 1. The van der Waals surface area contributed by atoms with Crippen molar-refractivity contribution in [3.8, 4) is 5.75 Å². The number of hydrogen-bond acceptors (Lipinski definition) is 3. The van der Waals surface area contributed by atoms with Gasteiger partial charge in [-0.3, -0.25) is 4.79 Å². The normalized spacial score (nSPS) is 17.9. The monoisotopic (exact) mass is 248 g/mol. The molecule has 1 aromatic rings. The fourth-order valence-electron chi connectivity index (χ4n) is 2.00. The van der Waals surface area contributed by atoms with Crippen molar-refractivity contribution in [2.75, 3.05) is 7.11 Å². The quantitative estimate of drug-likeness (QED) is 0.832. The zero-order chi connectivity index (χ0) is 13.1. The molecule has 2 rings (SSSR count). The fourth-order valence-corrected chi connectivity index (χ4v) is 2.00. The maximum absolute atomic E-state index is 11.7. The number of amides is 1. The molecule has 1 saturated carbocycles. The van der Waals surface area contributed by atoms with E-state index >= 15 is 0 Å². The fraction of sp³-hybridized carbons (Fsp3) is 0.500. The summed E-state index contributed by atoms with van der Waals surface area (Å²) in [5.41, 5.74) is 6.71. The second-order valence-corrected chi connectivity index (χ2v) is 4.89. The minimum atomic E-state index is -0.468. The first kappa shape index (κ1) is 12.9. The minimum absolute atomic E-state index is 0.0782. The highest BCUT2D eigenvalue weighted by atomic mass is 16.5. The first-order chi connectivity index (χ1) is 8.61. The molecule has 3 N–H and O–H groups in total. The smallest absolute Gasteiger partial charge is 0.237 e. The predicted molar refractivity (Wildman–Crippen MR) is 70.3 cm³/mol. The van der Waals surface area contributed by atoms with Crippen LogP contribution in [0.5, 0.6) is 5.75 Å². The molecule has 18 heavy (non-hydrogen) atoms. The molecule has 0 radical (unpaired) electrons. The summed E-state index contributed by atoms with van der Waals surface area (Å²) < 4.78 is 5.14. The highest BCUT2D eigenvalue weighted by molar-refractivity contribution is 5.81. The van der Waals surface area contributed by atoms with Crippen molar-refractivity contribution in [3.63, 3.8) is 0 Å². The van der Waals surface area contributed by atoms with E-state index in [9.17, 15) is 4.79 Å². The number of hydrogen-bond donors (Lipinski definition) is 2. The third-order valence-corrected chi connectivity index (χ3v) is 3.28. The molecular weight excluding hydrogens is 228 g/mol. The predicted octanol–water partition coefficient (Wildman–Crippen LogP) is 1.61. The van der Waals surface area contributed by atoms with Gasteiger partial charge < -0.3 is 15.8 Å². The number of nitrogens with one attached hydrogen (secondary N) is 1. The number of ether oxygens (including phenoxy) is 1. The van der Waals surface area contributed by atoms with Gasteiger partial charge >= 0.3 is 0 Å². The van der Waals surface area contributed by atoms with Crippen LogP contribution >= 0.6 is 0 Å². The Bertz CT molecular complexity index is 410. The minimum Gasteiger partial charge on any atom is -0.497 e. The first-order valence-electron chi connectivity index (χ1n) is 6.31. The van der Waals surface area contributed by atoms with Crippen molar-refractivity contribution in [1.82, 2.24) is 5.32 Å². The Hall–Kier alpha value is -1.55. The standard InChI is InChI=1S/C14H20N2O2/c1-9(15)14(17)16-13(10-3-4-10)11-5-7-12(18-2)8-6-11/h5-10,13H,3-4,15H2,1-2H3,(H,16,17)/t9-,13?/m0/s1. The van der Waals surface area contributed by atoms with Crippen molar-refractivity contribution < 1.29 is 9.53 Å². The highest BCUT2D eigenvalue weighted by Gasteiger charge is 2.33. The molecule has 1 fully saturated rings. The van der Waals surface area contributed by atoms with Crippen LogP contribution < -0.4 is 15.8 Å². The van der Waals surface area contributed by atoms with Gasteiger partial charge in [-0.15, -0.1) is 0 Å². The second-order valence-electron chi connectivity index (χ2n) is 4.89. The molecular formula is C14H20N2O2. The molecule has 1 aliphatic rings. The van der Waals surface area contributed by atoms with Gasteiger partial charge in [0.05, 0.1) is 19.2 Å². The molecule has 0 spiro atoms. The van der Waals surface area contributed by atoms with Crippen molar-refractivity contribution in [2.24, 2.45) is 11.7 Å². The van der Waals surface area contributed by atoms with Crippen LogP contribution in [0.1, 0.15) is 31.4 Å². The Balaban J connectivity index is 2.11. The lowest BCUT2D eigenvalue weighted by Gasteiger charge is -2.20. The molecule has 4 nitrogen and oxygen atoms in total. The Labute approximate surface area is 108 Å². The van der Waals surface area contributed by atoms with Gasteiger partial charge in [-0.25, -0.2) is 0 Å². The average Bonchev–Trinajstić information content (AvgIpc) is 3.20. The van der Waals surface area contributed by atoms with Crippen LogP contribution in [0, 0.1) is 5.92 Å². The molecule has 0 aromatic heterocycles. The van der Waals surface area contributed by atoms with Gasteiger partial charge in [0, 0.05) is 0 Å². The molecule has 0 heterocycles. The molecule has 2 atom stereocenters. The summed E-state index contributed by atoms with van der Waals surface area (Å²) in [5.74, 6) is 1.27. The zero-order valence-corrected chi connectivity index (χ0v) is 10.8. The molecule has 98 valence electrons. The average molecular weight is 248 g/mol. The Morgan fingerprint density at radius 2 is 2.00 bits per heavy atom. The van der Waals surface area contributed by atoms with Gasteiger partial charge in [-0.2, -0.15) is 0 Å². The van der Waals surface area contributed by atoms with Crippen molar-refractivity contribution in [3.05, 3.63) is 29.8 Å². The number of carbonyl (C=O) groups is 1. The van der Waals surface area contributed by atoms with Crippen LogP contribution in [0.3, 0.4) is 0 Å². The van der Waals surface area contributed by atoms with Gasteiger partial charge in [-0.05, 0) is 43.4 Å². The first-order valence-corrected chi connectivity index (χ1v) is 6.31. The lowest BCUT2D eigenvalue weighted by atomic mass is 10.0. The molecule has 0 aliphatic heterocycles. The van der Waals surface area contributed by atoms with Crippen LogP contribution in [-0.4, -0.2) is 19.1 Å². The van der Waals surface area contributed by atoms with Crippen LogP contribution in [0.2, 0.25) is 0 Å². The maximum Gasteiger partial charge on any atom is 0.237 e. The maximum atomic E-state index is 11.7.